The number of carbonyl (C=O) groups excluding carboxylic acids is 4. The smallest absolute Gasteiger partial charge is 0.324 e. The van der Waals surface area contributed by atoms with Gasteiger partial charge in [0.15, 0.2) is 5.41 Å². The van der Waals surface area contributed by atoms with E-state index in [1.807, 2.05) is 0 Å². The predicted molar refractivity (Wildman–Crippen MR) is 121 cm³/mol. The van der Waals surface area contributed by atoms with Crippen LogP contribution in [0.25, 0.3) is 0 Å². The minimum atomic E-state index is -1.69. The number of carbonyl (C=O) groups is 4. The number of rotatable bonds is 4. The maximum atomic E-state index is 13.5. The summed E-state index contributed by atoms with van der Waals surface area (Å²) in [4.78, 5) is 51.9. The number of ketones is 1. The molecule has 1 atom stereocenters. The molecule has 1 fully saturated rings. The van der Waals surface area contributed by atoms with Gasteiger partial charge in [0.2, 0.25) is 0 Å². The molecule has 0 amide bonds. The summed E-state index contributed by atoms with van der Waals surface area (Å²) in [6.07, 6.45) is 5.01. The first-order chi connectivity index (χ1) is 14.7. The first-order valence-electron chi connectivity index (χ1n) is 11.8. The molecule has 1 aliphatic rings. The van der Waals surface area contributed by atoms with Gasteiger partial charge < -0.3 is 19.0 Å². The molecule has 184 valence electrons. The van der Waals surface area contributed by atoms with Crippen LogP contribution in [0, 0.1) is 11.3 Å². The van der Waals surface area contributed by atoms with Gasteiger partial charge in [-0.05, 0) is 67.7 Å². The minimum Gasteiger partial charge on any atom is -0.465 e. The molecule has 0 saturated carbocycles. The highest BCUT2D eigenvalue weighted by Gasteiger charge is 2.53. The lowest BCUT2D eigenvalue weighted by Gasteiger charge is -2.36. The van der Waals surface area contributed by atoms with Crippen LogP contribution < -0.4 is 0 Å². The van der Waals surface area contributed by atoms with E-state index in [0.717, 1.165) is 32.1 Å². The van der Waals surface area contributed by atoms with Crippen LogP contribution in [0.4, 0.5) is 0 Å². The van der Waals surface area contributed by atoms with Gasteiger partial charge in [-0.1, -0.05) is 32.1 Å². The average Bonchev–Trinajstić information content (AvgIpc) is 2.62. The number of hydrogen-bond acceptors (Lipinski definition) is 7. The molecule has 7 heteroatoms. The highest BCUT2D eigenvalue weighted by atomic mass is 16.6. The van der Waals surface area contributed by atoms with Crippen molar-refractivity contribution in [2.45, 2.75) is 117 Å². The molecule has 7 nitrogen and oxygen atoms in total. The lowest BCUT2D eigenvalue weighted by Crippen LogP contribution is -2.48. The summed E-state index contributed by atoms with van der Waals surface area (Å²) in [7, 11) is 0. The Labute approximate surface area is 192 Å². The van der Waals surface area contributed by atoms with E-state index in [4.69, 9.17) is 14.2 Å². The van der Waals surface area contributed by atoms with Crippen molar-refractivity contribution in [3.8, 4) is 0 Å². The van der Waals surface area contributed by atoms with Crippen molar-refractivity contribution in [1.29, 1.82) is 0 Å². The molecular formula is C25H42O7. The summed E-state index contributed by atoms with van der Waals surface area (Å²) in [5, 5.41) is 0. The van der Waals surface area contributed by atoms with Crippen molar-refractivity contribution in [3.63, 3.8) is 0 Å². The van der Waals surface area contributed by atoms with E-state index in [0.29, 0.717) is 6.42 Å². The zero-order chi connectivity index (χ0) is 24.6. The Hall–Kier alpha value is -1.92. The van der Waals surface area contributed by atoms with Crippen molar-refractivity contribution < 1.29 is 33.4 Å². The normalized spacial score (nSPS) is 21.2. The maximum Gasteiger partial charge on any atom is 0.324 e. The zero-order valence-corrected chi connectivity index (χ0v) is 21.0. The largest absolute Gasteiger partial charge is 0.465 e. The standard InChI is InChI=1S/C25H42O7/c1-18(26)16-19-17-25(21(28)31-23(2,3)4,22(29)32-24(5,6)7)14-12-10-8-9-11-13-15-30-20(19)27/h19H,8-17H2,1-7H3. The Morgan fingerprint density at radius 1 is 0.875 bits per heavy atom. The first-order valence-corrected chi connectivity index (χ1v) is 11.8. The van der Waals surface area contributed by atoms with Gasteiger partial charge in [-0.15, -0.1) is 0 Å². The Balaban J connectivity index is 3.49. The quantitative estimate of drug-likeness (QED) is 0.337. The zero-order valence-electron chi connectivity index (χ0n) is 21.0. The molecule has 1 heterocycles. The molecular weight excluding hydrogens is 412 g/mol. The number of Topliss-reactive ketones (excluding diaryl/α,β-unsaturated/α-hetero) is 1. The lowest BCUT2D eigenvalue weighted by molar-refractivity contribution is -0.188. The van der Waals surface area contributed by atoms with Gasteiger partial charge in [-0.25, -0.2) is 0 Å². The third kappa shape index (κ3) is 9.70. The fourth-order valence-corrected chi connectivity index (χ4v) is 3.84. The number of esters is 3. The summed E-state index contributed by atoms with van der Waals surface area (Å²) >= 11 is 0. The fourth-order valence-electron chi connectivity index (χ4n) is 3.84. The highest BCUT2D eigenvalue weighted by Crippen LogP contribution is 2.40. The van der Waals surface area contributed by atoms with Gasteiger partial charge in [-0.3, -0.25) is 14.4 Å². The molecule has 0 aliphatic carbocycles. The minimum absolute atomic E-state index is 0.105. The second kappa shape index (κ2) is 11.8. The third-order valence-corrected chi connectivity index (χ3v) is 5.28. The molecule has 0 aromatic carbocycles. The van der Waals surface area contributed by atoms with E-state index in [-0.39, 0.29) is 31.7 Å². The SMILES string of the molecule is CC(=O)CC1CC(C(=O)OC(C)(C)C)(C(=O)OC(C)(C)C)CCCCCCCCOC1=O. The van der Waals surface area contributed by atoms with E-state index in [2.05, 4.69) is 0 Å². The van der Waals surface area contributed by atoms with E-state index < -0.39 is 40.4 Å². The molecule has 1 rings (SSSR count). The molecule has 0 N–H and O–H groups in total. The number of ether oxygens (including phenoxy) is 3. The molecule has 1 unspecified atom stereocenters. The van der Waals surface area contributed by atoms with Gasteiger partial charge in [0.05, 0.1) is 12.5 Å². The van der Waals surface area contributed by atoms with Crippen LogP contribution in [0.15, 0.2) is 0 Å². The van der Waals surface area contributed by atoms with Crippen molar-refractivity contribution in [3.05, 3.63) is 0 Å². The molecule has 0 bridgehead atoms. The summed E-state index contributed by atoms with van der Waals surface area (Å²) in [6.45, 7) is 12.0. The summed E-state index contributed by atoms with van der Waals surface area (Å²) < 4.78 is 16.8. The van der Waals surface area contributed by atoms with Gasteiger partial charge in [0.25, 0.3) is 0 Å². The monoisotopic (exact) mass is 454 g/mol. The topological polar surface area (TPSA) is 96.0 Å². The Morgan fingerprint density at radius 3 is 1.81 bits per heavy atom. The third-order valence-electron chi connectivity index (χ3n) is 5.28. The second-order valence-corrected chi connectivity index (χ2v) is 10.9. The molecule has 0 aromatic rings. The summed E-state index contributed by atoms with van der Waals surface area (Å²) in [6, 6.07) is 0. The molecule has 32 heavy (non-hydrogen) atoms. The van der Waals surface area contributed by atoms with Crippen LogP contribution in [0.3, 0.4) is 0 Å². The van der Waals surface area contributed by atoms with E-state index >= 15 is 0 Å². The van der Waals surface area contributed by atoms with Gasteiger partial charge >= 0.3 is 17.9 Å². The van der Waals surface area contributed by atoms with Gasteiger partial charge in [-0.2, -0.15) is 0 Å². The van der Waals surface area contributed by atoms with Crippen molar-refractivity contribution >= 4 is 23.7 Å². The predicted octanol–water partition coefficient (Wildman–Crippen LogP) is 4.93. The highest BCUT2D eigenvalue weighted by molar-refractivity contribution is 6.01. The maximum absolute atomic E-state index is 13.5. The Bertz CT molecular complexity index is 639. The molecule has 0 spiro atoms. The molecule has 0 radical (unpaired) electrons. The molecule has 0 aromatic heterocycles. The number of cyclic esters (lactones) is 1. The Morgan fingerprint density at radius 2 is 1.34 bits per heavy atom. The van der Waals surface area contributed by atoms with Crippen LogP contribution in [-0.4, -0.2) is 41.5 Å². The van der Waals surface area contributed by atoms with Gasteiger partial charge in [0.1, 0.15) is 17.0 Å². The van der Waals surface area contributed by atoms with E-state index in [1.54, 1.807) is 41.5 Å². The fraction of sp³-hybridized carbons (Fsp3) is 0.840. The van der Waals surface area contributed by atoms with Crippen molar-refractivity contribution in [2.75, 3.05) is 6.61 Å². The van der Waals surface area contributed by atoms with Crippen molar-refractivity contribution in [2.24, 2.45) is 11.3 Å². The first kappa shape index (κ1) is 28.1. The summed E-state index contributed by atoms with van der Waals surface area (Å²) in [5.74, 6) is -3.12. The molecule has 1 aliphatic heterocycles. The average molecular weight is 455 g/mol. The van der Waals surface area contributed by atoms with Gasteiger partial charge in [0, 0.05) is 6.42 Å². The van der Waals surface area contributed by atoms with Crippen LogP contribution in [0.1, 0.15) is 106 Å². The lowest BCUT2D eigenvalue weighted by atomic mass is 9.73. The van der Waals surface area contributed by atoms with Crippen LogP contribution in [0.5, 0.6) is 0 Å². The molecule has 1 saturated heterocycles. The Kier molecular flexibility index (Phi) is 10.4. The van der Waals surface area contributed by atoms with E-state index in [9.17, 15) is 19.2 Å². The number of hydrogen-bond donors (Lipinski definition) is 0. The van der Waals surface area contributed by atoms with E-state index in [1.165, 1.54) is 6.92 Å². The van der Waals surface area contributed by atoms with Crippen LogP contribution in [0.2, 0.25) is 0 Å². The second-order valence-electron chi connectivity index (χ2n) is 10.9. The van der Waals surface area contributed by atoms with Crippen LogP contribution in [-0.2, 0) is 33.4 Å². The van der Waals surface area contributed by atoms with Crippen LogP contribution >= 0.6 is 0 Å². The summed E-state index contributed by atoms with van der Waals surface area (Å²) in [5.41, 5.74) is -3.35. The van der Waals surface area contributed by atoms with Crippen molar-refractivity contribution in [1.82, 2.24) is 0 Å².